The lowest BCUT2D eigenvalue weighted by Crippen LogP contribution is -2.68. The second kappa shape index (κ2) is 14.4. The Labute approximate surface area is 356 Å². The highest BCUT2D eigenvalue weighted by molar-refractivity contribution is 7.16. The van der Waals surface area contributed by atoms with Crippen molar-refractivity contribution in [3.63, 3.8) is 0 Å². The Bertz CT molecular complexity index is 3490. The van der Waals surface area contributed by atoms with Crippen LogP contribution in [0.3, 0.4) is 0 Å². The van der Waals surface area contributed by atoms with Crippen LogP contribution >= 0.6 is 0 Å². The van der Waals surface area contributed by atoms with Gasteiger partial charge in [-0.3, -0.25) is 0 Å². The van der Waals surface area contributed by atoms with Gasteiger partial charge in [-0.2, -0.15) is 0 Å². The smallest absolute Gasteiger partial charge is 0.179 e. The zero-order chi connectivity index (χ0) is 40.3. The SMILES string of the molecule is C1=CC([Si](c2ccccc2)(c2ccccc2)c2cccc(-n3c4ccccc4c4cc(-c5ccc6c(c5)c5ccccc5n6-c5ccc6ccccc6c5)ccc43)c2)=CCC1. The monoisotopic (exact) mass is 794 g/mol. The zero-order valence-electron chi connectivity index (χ0n) is 33.7. The molecule has 0 unspecified atom stereocenters. The fraction of sp³-hybridized carbons (Fsp3) is 0.0345. The van der Waals surface area contributed by atoms with Gasteiger partial charge in [0.2, 0.25) is 0 Å². The summed E-state index contributed by atoms with van der Waals surface area (Å²) in [5, 5.41) is 13.2. The predicted octanol–water partition coefficient (Wildman–Crippen LogP) is 13.0. The molecule has 0 atom stereocenters. The quantitative estimate of drug-likeness (QED) is 0.112. The van der Waals surface area contributed by atoms with Crippen LogP contribution in [0, 0.1) is 0 Å². The van der Waals surface area contributed by atoms with Gasteiger partial charge in [-0.1, -0.05) is 170 Å². The Morgan fingerprint density at radius 1 is 0.344 bits per heavy atom. The first kappa shape index (κ1) is 35.5. The molecule has 0 N–H and O–H groups in total. The molecule has 0 aliphatic heterocycles. The largest absolute Gasteiger partial charge is 0.309 e. The molecular formula is C58H42N2Si. The number of benzene rings is 9. The van der Waals surface area contributed by atoms with Crippen molar-refractivity contribution in [2.75, 3.05) is 0 Å². The van der Waals surface area contributed by atoms with Crippen molar-refractivity contribution < 1.29 is 0 Å². The summed E-state index contributed by atoms with van der Waals surface area (Å²) in [5.41, 5.74) is 9.63. The van der Waals surface area contributed by atoms with Crippen LogP contribution in [0.1, 0.15) is 12.8 Å². The predicted molar refractivity (Wildman–Crippen MR) is 262 cm³/mol. The van der Waals surface area contributed by atoms with Crippen molar-refractivity contribution in [1.82, 2.24) is 9.13 Å². The first-order valence-corrected chi connectivity index (χ1v) is 23.4. The Morgan fingerprint density at radius 3 is 1.48 bits per heavy atom. The maximum atomic E-state index is 2.51. The standard InChI is InChI=1S/C58H42N2Si/c1-4-20-47(21-5-1)61(48-22-6-2-7-23-48,49-24-8-3-9-25-49)50-26-16-19-45(40-50)59-55-29-14-12-27-51(55)53-38-43(32-35-57(53)59)44-33-36-58-54(39-44)52-28-13-15-30-56(52)60(58)46-34-31-41-17-10-11-18-42(41)37-46/h1-2,4-8,10-40H,3,9H2. The number of hydrogen-bond donors (Lipinski definition) is 0. The minimum atomic E-state index is -2.67. The summed E-state index contributed by atoms with van der Waals surface area (Å²) in [6.45, 7) is 0. The van der Waals surface area contributed by atoms with Crippen LogP contribution in [0.5, 0.6) is 0 Å². The van der Waals surface area contributed by atoms with Gasteiger partial charge in [0.25, 0.3) is 0 Å². The van der Waals surface area contributed by atoms with Gasteiger partial charge in [0.1, 0.15) is 0 Å². The molecule has 1 aliphatic carbocycles. The van der Waals surface area contributed by atoms with Crippen LogP contribution in [-0.2, 0) is 0 Å². The third kappa shape index (κ3) is 5.62. The van der Waals surface area contributed by atoms with Gasteiger partial charge in [-0.25, -0.2) is 0 Å². The van der Waals surface area contributed by atoms with Crippen LogP contribution in [0.4, 0.5) is 0 Å². The molecule has 2 aromatic heterocycles. The van der Waals surface area contributed by atoms with Gasteiger partial charge < -0.3 is 9.13 Å². The summed E-state index contributed by atoms with van der Waals surface area (Å²) < 4.78 is 4.90. The molecule has 61 heavy (non-hydrogen) atoms. The average Bonchev–Trinajstić information content (AvgIpc) is 3.85. The zero-order valence-corrected chi connectivity index (χ0v) is 34.7. The molecule has 0 saturated carbocycles. The molecule has 0 bridgehead atoms. The van der Waals surface area contributed by atoms with Crippen molar-refractivity contribution in [1.29, 1.82) is 0 Å². The maximum Gasteiger partial charge on any atom is 0.179 e. The number of aromatic nitrogens is 2. The van der Waals surface area contributed by atoms with Gasteiger partial charge in [0.05, 0.1) is 22.1 Å². The summed E-state index contributed by atoms with van der Waals surface area (Å²) >= 11 is 0. The molecular weight excluding hydrogens is 753 g/mol. The number of hydrogen-bond acceptors (Lipinski definition) is 0. The van der Waals surface area contributed by atoms with Crippen molar-refractivity contribution in [3.8, 4) is 22.5 Å². The molecule has 12 rings (SSSR count). The van der Waals surface area contributed by atoms with E-state index < -0.39 is 8.07 Å². The minimum absolute atomic E-state index is 1.06. The Hall–Kier alpha value is -7.46. The highest BCUT2D eigenvalue weighted by Crippen LogP contribution is 2.39. The summed E-state index contributed by atoms with van der Waals surface area (Å²) in [4.78, 5) is 0. The first-order chi connectivity index (χ1) is 30.3. The van der Waals surface area contributed by atoms with E-state index in [2.05, 4.69) is 240 Å². The Morgan fingerprint density at radius 2 is 0.869 bits per heavy atom. The molecule has 288 valence electrons. The van der Waals surface area contributed by atoms with Crippen molar-refractivity contribution in [2.24, 2.45) is 0 Å². The van der Waals surface area contributed by atoms with E-state index in [0.29, 0.717) is 0 Å². The number of para-hydroxylation sites is 2. The summed E-state index contributed by atoms with van der Waals surface area (Å²) in [6, 6.07) is 79.2. The molecule has 1 aliphatic rings. The molecule has 0 saturated heterocycles. The van der Waals surface area contributed by atoms with Gasteiger partial charge in [-0.15, -0.1) is 0 Å². The molecule has 11 aromatic rings. The second-order valence-electron chi connectivity index (χ2n) is 16.4. The average molecular weight is 795 g/mol. The number of allylic oxidation sites excluding steroid dienone is 4. The highest BCUT2D eigenvalue weighted by atomic mass is 28.3. The Balaban J connectivity index is 1.02. The molecule has 9 aromatic carbocycles. The molecule has 3 heteroatoms. The van der Waals surface area contributed by atoms with E-state index in [-0.39, 0.29) is 0 Å². The minimum Gasteiger partial charge on any atom is -0.309 e. The van der Waals surface area contributed by atoms with Gasteiger partial charge >= 0.3 is 0 Å². The molecule has 0 spiro atoms. The van der Waals surface area contributed by atoms with E-state index >= 15 is 0 Å². The fourth-order valence-electron chi connectivity index (χ4n) is 10.3. The van der Waals surface area contributed by atoms with Gasteiger partial charge in [0, 0.05) is 32.9 Å². The normalized spacial score (nSPS) is 13.1. The van der Waals surface area contributed by atoms with Gasteiger partial charge in [-0.05, 0) is 116 Å². The topological polar surface area (TPSA) is 9.86 Å². The summed E-state index contributed by atoms with van der Waals surface area (Å²) in [5.74, 6) is 0. The fourth-order valence-corrected chi connectivity index (χ4v) is 15.2. The molecule has 0 fully saturated rings. The molecule has 2 nitrogen and oxygen atoms in total. The third-order valence-electron chi connectivity index (χ3n) is 13.0. The van der Waals surface area contributed by atoms with Crippen LogP contribution in [0.15, 0.2) is 236 Å². The van der Waals surface area contributed by atoms with E-state index in [0.717, 1.165) is 12.8 Å². The molecule has 2 heterocycles. The molecule has 0 amide bonds. The van der Waals surface area contributed by atoms with Crippen LogP contribution < -0.4 is 15.6 Å². The first-order valence-electron chi connectivity index (χ1n) is 21.4. The number of rotatable bonds is 7. The van der Waals surface area contributed by atoms with Crippen molar-refractivity contribution in [2.45, 2.75) is 12.8 Å². The lowest BCUT2D eigenvalue weighted by molar-refractivity contribution is 1.03. The van der Waals surface area contributed by atoms with Crippen molar-refractivity contribution in [3.05, 3.63) is 236 Å². The number of fused-ring (bicyclic) bond motifs is 7. The van der Waals surface area contributed by atoms with E-state index in [1.807, 2.05) is 0 Å². The van der Waals surface area contributed by atoms with E-state index in [4.69, 9.17) is 0 Å². The number of nitrogens with zero attached hydrogens (tertiary/aromatic N) is 2. The van der Waals surface area contributed by atoms with Crippen molar-refractivity contribution >= 4 is 78.0 Å². The lowest BCUT2D eigenvalue weighted by Gasteiger charge is -2.36. The van der Waals surface area contributed by atoms with Crippen LogP contribution in [0.25, 0.3) is 76.9 Å². The third-order valence-corrected chi connectivity index (χ3v) is 17.9. The highest BCUT2D eigenvalue weighted by Gasteiger charge is 2.42. The molecule has 0 radical (unpaired) electrons. The summed E-state index contributed by atoms with van der Waals surface area (Å²) in [7, 11) is -2.67. The maximum absolute atomic E-state index is 2.67. The second-order valence-corrected chi connectivity index (χ2v) is 20.2. The Kier molecular flexibility index (Phi) is 8.36. The lowest BCUT2D eigenvalue weighted by atomic mass is 10.0. The van der Waals surface area contributed by atoms with E-state index in [1.165, 1.54) is 97.6 Å². The van der Waals surface area contributed by atoms with Gasteiger partial charge in [0.15, 0.2) is 8.07 Å². The van der Waals surface area contributed by atoms with Crippen LogP contribution in [-0.4, -0.2) is 17.2 Å². The van der Waals surface area contributed by atoms with E-state index in [9.17, 15) is 0 Å². The van der Waals surface area contributed by atoms with Crippen LogP contribution in [0.2, 0.25) is 0 Å². The van der Waals surface area contributed by atoms with E-state index in [1.54, 1.807) is 0 Å². The summed E-state index contributed by atoms with van der Waals surface area (Å²) in [6.07, 6.45) is 9.46.